The number of nitrogens with two attached hydrogens (primary N) is 1. The lowest BCUT2D eigenvalue weighted by molar-refractivity contribution is 0.0947. The monoisotopic (exact) mass is 208 g/mol. The van der Waals surface area contributed by atoms with E-state index in [0.29, 0.717) is 0 Å². The van der Waals surface area contributed by atoms with Crippen molar-refractivity contribution in [1.82, 2.24) is 5.32 Å². The molecule has 1 saturated carbocycles. The van der Waals surface area contributed by atoms with Gasteiger partial charge >= 0.3 is 0 Å². The third kappa shape index (κ3) is 2.02. The molecule has 0 heterocycles. The lowest BCUT2D eigenvalue weighted by atomic mass is 10.2. The minimum Gasteiger partial charge on any atom is -0.508 e. The summed E-state index contributed by atoms with van der Waals surface area (Å²) in [6.07, 6.45) is 0.755. The van der Waals surface area contributed by atoms with E-state index in [-0.39, 0.29) is 29.1 Å². The van der Waals surface area contributed by atoms with Crippen molar-refractivity contribution < 1.29 is 15.0 Å². The van der Waals surface area contributed by atoms with Crippen molar-refractivity contribution in [3.05, 3.63) is 23.8 Å². The molecule has 2 rings (SSSR count). The van der Waals surface area contributed by atoms with Crippen molar-refractivity contribution in [2.75, 3.05) is 0 Å². The highest BCUT2D eigenvalue weighted by molar-refractivity contribution is 5.97. The number of benzene rings is 1. The summed E-state index contributed by atoms with van der Waals surface area (Å²) in [7, 11) is 0. The van der Waals surface area contributed by atoms with Gasteiger partial charge in [0.1, 0.15) is 11.5 Å². The van der Waals surface area contributed by atoms with Crippen LogP contribution in [0, 0.1) is 0 Å². The van der Waals surface area contributed by atoms with Crippen LogP contribution in [0.25, 0.3) is 0 Å². The number of rotatable bonds is 2. The highest BCUT2D eigenvalue weighted by atomic mass is 16.3. The summed E-state index contributed by atoms with van der Waals surface area (Å²) in [5.41, 5.74) is 5.60. The Morgan fingerprint density at radius 1 is 1.47 bits per heavy atom. The van der Waals surface area contributed by atoms with Crippen LogP contribution in [0.2, 0.25) is 0 Å². The van der Waals surface area contributed by atoms with Crippen molar-refractivity contribution in [2.24, 2.45) is 5.73 Å². The van der Waals surface area contributed by atoms with E-state index in [0.717, 1.165) is 6.42 Å². The van der Waals surface area contributed by atoms with Crippen LogP contribution < -0.4 is 11.1 Å². The number of carbonyl (C=O) groups is 1. The molecule has 2 unspecified atom stereocenters. The lowest BCUT2D eigenvalue weighted by Gasteiger charge is -2.06. The molecular weight excluding hydrogens is 196 g/mol. The third-order valence-corrected chi connectivity index (χ3v) is 2.38. The zero-order valence-corrected chi connectivity index (χ0v) is 7.97. The molecule has 80 valence electrons. The molecule has 0 aromatic heterocycles. The summed E-state index contributed by atoms with van der Waals surface area (Å²) in [6.45, 7) is 0. The van der Waals surface area contributed by atoms with Crippen molar-refractivity contribution in [1.29, 1.82) is 0 Å². The maximum absolute atomic E-state index is 11.6. The highest BCUT2D eigenvalue weighted by Gasteiger charge is 2.35. The van der Waals surface area contributed by atoms with Crippen LogP contribution in [0.3, 0.4) is 0 Å². The number of carbonyl (C=O) groups excluding carboxylic acids is 1. The quantitative estimate of drug-likeness (QED) is 0.511. The molecule has 1 aromatic rings. The number of hydrogen-bond donors (Lipinski definition) is 4. The van der Waals surface area contributed by atoms with E-state index in [1.165, 1.54) is 18.2 Å². The molecule has 0 radical (unpaired) electrons. The van der Waals surface area contributed by atoms with Gasteiger partial charge in [0.15, 0.2) is 0 Å². The molecule has 0 saturated heterocycles. The maximum Gasteiger partial charge on any atom is 0.255 e. The lowest BCUT2D eigenvalue weighted by Crippen LogP contribution is -2.29. The van der Waals surface area contributed by atoms with Crippen LogP contribution >= 0.6 is 0 Å². The smallest absolute Gasteiger partial charge is 0.255 e. The summed E-state index contributed by atoms with van der Waals surface area (Å²) in [4.78, 5) is 11.6. The minimum absolute atomic E-state index is 0.00778. The second-order valence-corrected chi connectivity index (χ2v) is 3.68. The van der Waals surface area contributed by atoms with E-state index in [2.05, 4.69) is 5.32 Å². The van der Waals surface area contributed by atoms with Gasteiger partial charge in [0, 0.05) is 12.1 Å². The summed E-state index contributed by atoms with van der Waals surface area (Å²) in [5.74, 6) is -0.626. The SMILES string of the molecule is NC1CC1NC(=O)c1cc(O)ccc1O. The van der Waals surface area contributed by atoms with Gasteiger partial charge in [0.25, 0.3) is 5.91 Å². The molecule has 5 N–H and O–H groups in total. The van der Waals surface area contributed by atoms with Crippen molar-refractivity contribution in [2.45, 2.75) is 18.5 Å². The Morgan fingerprint density at radius 2 is 2.13 bits per heavy atom. The first-order chi connectivity index (χ1) is 7.08. The fraction of sp³-hybridized carbons (Fsp3) is 0.300. The van der Waals surface area contributed by atoms with Gasteiger partial charge in [-0.15, -0.1) is 0 Å². The standard InChI is InChI=1S/C10H12N2O3/c11-7-4-8(7)12-10(15)6-3-5(13)1-2-9(6)14/h1-3,7-8,13-14H,4,11H2,(H,12,15). The Hall–Kier alpha value is -1.75. The molecule has 0 aliphatic heterocycles. The Kier molecular flexibility index (Phi) is 2.24. The fourth-order valence-electron chi connectivity index (χ4n) is 1.33. The first-order valence-corrected chi connectivity index (χ1v) is 4.66. The predicted octanol–water partition coefficient (Wildman–Crippen LogP) is -0.0728. The van der Waals surface area contributed by atoms with Crippen LogP contribution in [-0.4, -0.2) is 28.2 Å². The van der Waals surface area contributed by atoms with Gasteiger partial charge in [-0.3, -0.25) is 4.79 Å². The topological polar surface area (TPSA) is 95.6 Å². The molecule has 1 amide bonds. The van der Waals surface area contributed by atoms with E-state index >= 15 is 0 Å². The first-order valence-electron chi connectivity index (χ1n) is 4.66. The number of phenolic OH excluding ortho intramolecular Hbond substituents is 2. The maximum atomic E-state index is 11.6. The van der Waals surface area contributed by atoms with Gasteiger partial charge in [-0.25, -0.2) is 0 Å². The van der Waals surface area contributed by atoms with Crippen LogP contribution in [0.4, 0.5) is 0 Å². The summed E-state index contributed by atoms with van der Waals surface area (Å²) in [6, 6.07) is 3.80. The Balaban J connectivity index is 2.14. The second kappa shape index (κ2) is 3.43. The molecule has 1 aromatic carbocycles. The largest absolute Gasteiger partial charge is 0.508 e. The van der Waals surface area contributed by atoms with Crippen LogP contribution in [-0.2, 0) is 0 Å². The van der Waals surface area contributed by atoms with Crippen molar-refractivity contribution in [3.8, 4) is 11.5 Å². The fourth-order valence-corrected chi connectivity index (χ4v) is 1.33. The molecular formula is C10H12N2O3. The zero-order chi connectivity index (χ0) is 11.0. The molecule has 0 spiro atoms. The van der Waals surface area contributed by atoms with Crippen molar-refractivity contribution in [3.63, 3.8) is 0 Å². The van der Waals surface area contributed by atoms with Gasteiger partial charge < -0.3 is 21.3 Å². The molecule has 5 nitrogen and oxygen atoms in total. The number of amides is 1. The molecule has 0 bridgehead atoms. The Bertz CT molecular complexity index is 406. The molecule has 1 aliphatic rings. The van der Waals surface area contributed by atoms with Gasteiger partial charge in [0.05, 0.1) is 5.56 Å². The van der Waals surface area contributed by atoms with Gasteiger partial charge in [-0.05, 0) is 24.6 Å². The van der Waals surface area contributed by atoms with Crippen LogP contribution in [0.1, 0.15) is 16.8 Å². The predicted molar refractivity (Wildman–Crippen MR) is 53.6 cm³/mol. The average molecular weight is 208 g/mol. The third-order valence-electron chi connectivity index (χ3n) is 2.38. The van der Waals surface area contributed by atoms with Crippen LogP contribution in [0.5, 0.6) is 11.5 Å². The Labute approximate surface area is 86.5 Å². The normalized spacial score (nSPS) is 23.5. The van der Waals surface area contributed by atoms with E-state index in [1.807, 2.05) is 0 Å². The van der Waals surface area contributed by atoms with Crippen molar-refractivity contribution >= 4 is 5.91 Å². The molecule has 1 aliphatic carbocycles. The number of aromatic hydroxyl groups is 2. The molecule has 15 heavy (non-hydrogen) atoms. The number of nitrogens with one attached hydrogen (secondary N) is 1. The summed E-state index contributed by atoms with van der Waals surface area (Å²) >= 11 is 0. The van der Waals surface area contributed by atoms with Crippen LogP contribution in [0.15, 0.2) is 18.2 Å². The molecule has 5 heteroatoms. The number of phenols is 2. The molecule has 1 fully saturated rings. The van der Waals surface area contributed by atoms with E-state index in [9.17, 15) is 15.0 Å². The highest BCUT2D eigenvalue weighted by Crippen LogP contribution is 2.24. The molecule has 2 atom stereocenters. The zero-order valence-electron chi connectivity index (χ0n) is 7.97. The van der Waals surface area contributed by atoms with E-state index < -0.39 is 5.91 Å². The van der Waals surface area contributed by atoms with E-state index in [1.54, 1.807) is 0 Å². The summed E-state index contributed by atoms with van der Waals surface area (Å²) in [5, 5.41) is 21.2. The number of hydrogen-bond acceptors (Lipinski definition) is 4. The van der Waals surface area contributed by atoms with Gasteiger partial charge in [0.2, 0.25) is 0 Å². The Morgan fingerprint density at radius 3 is 2.73 bits per heavy atom. The summed E-state index contributed by atoms with van der Waals surface area (Å²) < 4.78 is 0. The van der Waals surface area contributed by atoms with E-state index in [4.69, 9.17) is 5.73 Å². The first kappa shape index (κ1) is 9.79. The average Bonchev–Trinajstić information content (AvgIpc) is 2.86. The van der Waals surface area contributed by atoms with Gasteiger partial charge in [-0.1, -0.05) is 0 Å². The minimum atomic E-state index is -0.415. The second-order valence-electron chi connectivity index (χ2n) is 3.68. The van der Waals surface area contributed by atoms with Gasteiger partial charge in [-0.2, -0.15) is 0 Å².